The molecule has 2 atom stereocenters. The molecule has 5 nitrogen and oxygen atoms in total. The van der Waals surface area contributed by atoms with Crippen LogP contribution in [0.25, 0.3) is 0 Å². The lowest BCUT2D eigenvalue weighted by Crippen LogP contribution is -2.47. The third kappa shape index (κ3) is 3.26. The number of rotatable bonds is 4. The predicted octanol–water partition coefficient (Wildman–Crippen LogP) is 1.77. The Morgan fingerprint density at radius 2 is 2.35 bits per heavy atom. The molecule has 2 N–H and O–H groups in total. The van der Waals surface area contributed by atoms with Gasteiger partial charge in [0, 0.05) is 30.3 Å². The van der Waals surface area contributed by atoms with Crippen LogP contribution in [0.5, 0.6) is 5.75 Å². The zero-order chi connectivity index (χ0) is 14.7. The van der Waals surface area contributed by atoms with Crippen LogP contribution in [0.4, 0.5) is 4.39 Å². The maximum atomic E-state index is 13.0. The van der Waals surface area contributed by atoms with Gasteiger partial charge in [-0.15, -0.1) is 0 Å². The first kappa shape index (κ1) is 14.7. The number of aliphatic carboxylic acids is 1. The number of hydrogen-bond donors (Lipinski definition) is 2. The van der Waals surface area contributed by atoms with Crippen molar-refractivity contribution in [1.29, 1.82) is 0 Å². The summed E-state index contributed by atoms with van der Waals surface area (Å²) in [5.74, 6) is -1.50. The molecule has 2 rings (SSSR count). The van der Waals surface area contributed by atoms with E-state index in [0.29, 0.717) is 25.3 Å². The number of phenols is 1. The summed E-state index contributed by atoms with van der Waals surface area (Å²) in [6, 6.07) is 3.43. The summed E-state index contributed by atoms with van der Waals surface area (Å²) in [6.45, 7) is 3.31. The van der Waals surface area contributed by atoms with Crippen molar-refractivity contribution in [1.82, 2.24) is 4.90 Å². The number of aromatic hydroxyl groups is 1. The molecule has 1 aliphatic rings. The largest absolute Gasteiger partial charge is 0.508 e. The average Bonchev–Trinajstić information content (AvgIpc) is 2.38. The van der Waals surface area contributed by atoms with Crippen LogP contribution in [-0.4, -0.2) is 46.9 Å². The molecule has 0 spiro atoms. The van der Waals surface area contributed by atoms with Crippen LogP contribution in [0.3, 0.4) is 0 Å². The molecule has 0 aromatic heterocycles. The molecular weight excluding hydrogens is 265 g/mol. The zero-order valence-electron chi connectivity index (χ0n) is 11.3. The molecule has 110 valence electrons. The molecule has 1 aromatic carbocycles. The van der Waals surface area contributed by atoms with Gasteiger partial charge in [0.05, 0.1) is 19.6 Å². The summed E-state index contributed by atoms with van der Waals surface area (Å²) >= 11 is 0. The van der Waals surface area contributed by atoms with E-state index in [4.69, 9.17) is 9.84 Å². The summed E-state index contributed by atoms with van der Waals surface area (Å²) in [6.07, 6.45) is -0.0215. The number of phenolic OH excluding ortho intramolecular Hbond substituents is 1. The minimum Gasteiger partial charge on any atom is -0.508 e. The Labute approximate surface area is 116 Å². The Morgan fingerprint density at radius 3 is 3.00 bits per heavy atom. The normalized spacial score (nSPS) is 21.6. The number of carbonyl (C=O) groups is 1. The molecule has 0 radical (unpaired) electrons. The van der Waals surface area contributed by atoms with Gasteiger partial charge in [0.2, 0.25) is 0 Å². The smallest absolute Gasteiger partial charge is 0.305 e. The lowest BCUT2D eigenvalue weighted by Gasteiger charge is -2.39. The molecule has 1 saturated heterocycles. The first-order valence-electron chi connectivity index (χ1n) is 6.52. The van der Waals surface area contributed by atoms with Crippen molar-refractivity contribution in [3.8, 4) is 5.75 Å². The van der Waals surface area contributed by atoms with Crippen LogP contribution < -0.4 is 0 Å². The standard InChI is InChI=1S/C14H18FNO4/c1-9(12-3-2-10(15)6-13(12)17)16-4-5-20-8-11(16)7-14(18)19/h2-3,6,9,11,17H,4-5,7-8H2,1H3,(H,18,19). The van der Waals surface area contributed by atoms with E-state index >= 15 is 0 Å². The highest BCUT2D eigenvalue weighted by Gasteiger charge is 2.30. The van der Waals surface area contributed by atoms with E-state index < -0.39 is 11.8 Å². The lowest BCUT2D eigenvalue weighted by molar-refractivity contribution is -0.140. The number of hydrogen-bond acceptors (Lipinski definition) is 4. The van der Waals surface area contributed by atoms with Gasteiger partial charge in [-0.3, -0.25) is 9.69 Å². The van der Waals surface area contributed by atoms with Gasteiger partial charge in [-0.05, 0) is 13.0 Å². The molecule has 0 aliphatic carbocycles. The molecule has 1 heterocycles. The van der Waals surface area contributed by atoms with Crippen molar-refractivity contribution in [3.05, 3.63) is 29.6 Å². The molecule has 1 fully saturated rings. The van der Waals surface area contributed by atoms with Gasteiger partial charge in [0.1, 0.15) is 11.6 Å². The number of nitrogens with zero attached hydrogens (tertiary/aromatic N) is 1. The summed E-state index contributed by atoms with van der Waals surface area (Å²) in [4.78, 5) is 12.9. The predicted molar refractivity (Wildman–Crippen MR) is 70.0 cm³/mol. The van der Waals surface area contributed by atoms with Crippen molar-refractivity contribution in [2.45, 2.75) is 25.4 Å². The van der Waals surface area contributed by atoms with Crippen LogP contribution in [0.2, 0.25) is 0 Å². The highest BCUT2D eigenvalue weighted by Crippen LogP contribution is 2.31. The van der Waals surface area contributed by atoms with Gasteiger partial charge in [-0.1, -0.05) is 6.07 Å². The van der Waals surface area contributed by atoms with Crippen LogP contribution in [0, 0.1) is 5.82 Å². The lowest BCUT2D eigenvalue weighted by atomic mass is 10.0. The van der Waals surface area contributed by atoms with Crippen LogP contribution >= 0.6 is 0 Å². The van der Waals surface area contributed by atoms with Gasteiger partial charge in [0.15, 0.2) is 0 Å². The Hall–Kier alpha value is -1.66. The third-order valence-corrected chi connectivity index (χ3v) is 3.62. The Bertz CT molecular complexity index is 494. The van der Waals surface area contributed by atoms with Crippen molar-refractivity contribution in [3.63, 3.8) is 0 Å². The van der Waals surface area contributed by atoms with E-state index in [9.17, 15) is 14.3 Å². The number of morpholine rings is 1. The van der Waals surface area contributed by atoms with Gasteiger partial charge in [0.25, 0.3) is 0 Å². The maximum absolute atomic E-state index is 13.0. The van der Waals surface area contributed by atoms with Crippen LogP contribution in [0.15, 0.2) is 18.2 Å². The zero-order valence-corrected chi connectivity index (χ0v) is 11.3. The summed E-state index contributed by atoms with van der Waals surface area (Å²) in [5, 5.41) is 18.8. The topological polar surface area (TPSA) is 70.0 Å². The summed E-state index contributed by atoms with van der Waals surface area (Å²) in [7, 11) is 0. The van der Waals surface area contributed by atoms with Crippen LogP contribution in [0.1, 0.15) is 24.9 Å². The highest BCUT2D eigenvalue weighted by molar-refractivity contribution is 5.67. The number of ether oxygens (including phenoxy) is 1. The van der Waals surface area contributed by atoms with E-state index in [0.717, 1.165) is 6.07 Å². The molecule has 6 heteroatoms. The van der Waals surface area contributed by atoms with E-state index in [1.165, 1.54) is 12.1 Å². The molecule has 0 saturated carbocycles. The quantitative estimate of drug-likeness (QED) is 0.881. The molecule has 2 unspecified atom stereocenters. The second kappa shape index (κ2) is 6.19. The first-order valence-corrected chi connectivity index (χ1v) is 6.52. The minimum atomic E-state index is -0.888. The van der Waals surface area contributed by atoms with Gasteiger partial charge < -0.3 is 14.9 Å². The van der Waals surface area contributed by atoms with Crippen LogP contribution in [-0.2, 0) is 9.53 Å². The molecule has 0 bridgehead atoms. The van der Waals surface area contributed by atoms with Crippen molar-refractivity contribution in [2.24, 2.45) is 0 Å². The molecule has 1 aromatic rings. The SMILES string of the molecule is CC(c1ccc(F)cc1O)N1CCOCC1CC(=O)O. The number of benzene rings is 1. The monoisotopic (exact) mass is 283 g/mol. The van der Waals surface area contributed by atoms with E-state index in [-0.39, 0.29) is 24.3 Å². The van der Waals surface area contributed by atoms with E-state index in [2.05, 4.69) is 0 Å². The number of carboxylic acids is 1. The highest BCUT2D eigenvalue weighted by atomic mass is 19.1. The van der Waals surface area contributed by atoms with E-state index in [1.54, 1.807) is 0 Å². The van der Waals surface area contributed by atoms with Crippen molar-refractivity contribution < 1.29 is 24.1 Å². The van der Waals surface area contributed by atoms with Gasteiger partial charge in [-0.2, -0.15) is 0 Å². The molecule has 1 aliphatic heterocycles. The summed E-state index contributed by atoms with van der Waals surface area (Å²) in [5.41, 5.74) is 0.587. The number of carboxylic acid groups (broad SMARTS) is 1. The Morgan fingerprint density at radius 1 is 1.60 bits per heavy atom. The third-order valence-electron chi connectivity index (χ3n) is 3.62. The fourth-order valence-electron chi connectivity index (χ4n) is 2.60. The van der Waals surface area contributed by atoms with Gasteiger partial charge >= 0.3 is 5.97 Å². The number of halogens is 1. The maximum Gasteiger partial charge on any atom is 0.305 e. The van der Waals surface area contributed by atoms with Crippen molar-refractivity contribution >= 4 is 5.97 Å². The summed E-state index contributed by atoms with van der Waals surface area (Å²) < 4.78 is 18.4. The van der Waals surface area contributed by atoms with Crippen molar-refractivity contribution in [2.75, 3.05) is 19.8 Å². The Kier molecular flexibility index (Phi) is 4.57. The van der Waals surface area contributed by atoms with Gasteiger partial charge in [-0.25, -0.2) is 4.39 Å². The molecular formula is C14H18FNO4. The second-order valence-electron chi connectivity index (χ2n) is 4.94. The fraction of sp³-hybridized carbons (Fsp3) is 0.500. The van der Waals surface area contributed by atoms with E-state index in [1.807, 2.05) is 11.8 Å². The molecule has 20 heavy (non-hydrogen) atoms. The average molecular weight is 283 g/mol. The fourth-order valence-corrected chi connectivity index (χ4v) is 2.60. The second-order valence-corrected chi connectivity index (χ2v) is 4.94. The minimum absolute atomic E-state index is 0.0215. The molecule has 0 amide bonds. The first-order chi connectivity index (χ1) is 9.49. The Balaban J connectivity index is 2.20.